The number of hydrogen-bond acceptors (Lipinski definition) is 3. The first-order valence-electron chi connectivity index (χ1n) is 5.58. The van der Waals surface area contributed by atoms with Gasteiger partial charge in [0.1, 0.15) is 0 Å². The van der Waals surface area contributed by atoms with E-state index in [9.17, 15) is 4.79 Å². The lowest BCUT2D eigenvalue weighted by Crippen LogP contribution is -2.31. The minimum atomic E-state index is -0.767. The monoisotopic (exact) mass is 220 g/mol. The third-order valence-corrected chi connectivity index (χ3v) is 2.68. The quantitative estimate of drug-likeness (QED) is 0.787. The maximum Gasteiger partial charge on any atom is 0.317 e. The summed E-state index contributed by atoms with van der Waals surface area (Å²) >= 11 is 0. The molecule has 1 aliphatic carbocycles. The first-order valence-corrected chi connectivity index (χ1v) is 5.58. The Bertz CT molecular complexity index is 349. The van der Waals surface area contributed by atoms with Gasteiger partial charge in [-0.3, -0.25) is 14.7 Å². The molecule has 1 heterocycles. The van der Waals surface area contributed by atoms with E-state index in [1.54, 1.807) is 6.20 Å². The van der Waals surface area contributed by atoms with Gasteiger partial charge in [0.2, 0.25) is 0 Å². The molecule has 1 aromatic rings. The van der Waals surface area contributed by atoms with E-state index in [0.29, 0.717) is 12.5 Å². The van der Waals surface area contributed by atoms with Crippen LogP contribution in [-0.2, 0) is 11.3 Å². The molecule has 16 heavy (non-hydrogen) atoms. The van der Waals surface area contributed by atoms with Gasteiger partial charge < -0.3 is 5.11 Å². The molecule has 1 N–H and O–H groups in total. The van der Waals surface area contributed by atoms with Crippen LogP contribution in [0.3, 0.4) is 0 Å². The lowest BCUT2D eigenvalue weighted by Gasteiger charge is -2.19. The molecule has 1 saturated carbocycles. The van der Waals surface area contributed by atoms with Crippen LogP contribution in [0.2, 0.25) is 0 Å². The molecule has 0 aliphatic heterocycles. The van der Waals surface area contributed by atoms with E-state index in [2.05, 4.69) is 4.98 Å². The molecule has 4 nitrogen and oxygen atoms in total. The summed E-state index contributed by atoms with van der Waals surface area (Å²) in [7, 11) is 0. The Labute approximate surface area is 94.9 Å². The summed E-state index contributed by atoms with van der Waals surface area (Å²) in [5, 5.41) is 8.83. The number of rotatable bonds is 6. The predicted octanol–water partition coefficient (Wildman–Crippen LogP) is 1.38. The molecule has 4 heteroatoms. The molecule has 2 rings (SSSR count). The second kappa shape index (κ2) is 5.07. The van der Waals surface area contributed by atoms with Gasteiger partial charge in [-0.05, 0) is 30.9 Å². The molecule has 0 spiro atoms. The smallest absolute Gasteiger partial charge is 0.317 e. The minimum absolute atomic E-state index is 0.104. The van der Waals surface area contributed by atoms with Crippen LogP contribution in [0.1, 0.15) is 18.5 Å². The van der Waals surface area contributed by atoms with Crippen molar-refractivity contribution < 1.29 is 9.90 Å². The molecular weight excluding hydrogens is 204 g/mol. The van der Waals surface area contributed by atoms with Crippen molar-refractivity contribution in [1.29, 1.82) is 0 Å². The van der Waals surface area contributed by atoms with Gasteiger partial charge >= 0.3 is 5.97 Å². The third-order valence-electron chi connectivity index (χ3n) is 2.68. The van der Waals surface area contributed by atoms with Crippen LogP contribution in [-0.4, -0.2) is 34.0 Å². The highest BCUT2D eigenvalue weighted by molar-refractivity contribution is 5.69. The van der Waals surface area contributed by atoms with E-state index < -0.39 is 5.97 Å². The highest BCUT2D eigenvalue weighted by Crippen LogP contribution is 2.29. The maximum atomic E-state index is 10.7. The second-order valence-corrected chi connectivity index (χ2v) is 4.33. The van der Waals surface area contributed by atoms with Crippen molar-refractivity contribution in [2.45, 2.75) is 19.4 Å². The number of pyridine rings is 1. The second-order valence-electron chi connectivity index (χ2n) is 4.33. The van der Waals surface area contributed by atoms with Gasteiger partial charge in [0.15, 0.2) is 0 Å². The number of carboxylic acid groups (broad SMARTS) is 1. The highest BCUT2D eigenvalue weighted by atomic mass is 16.4. The molecule has 1 aliphatic rings. The Morgan fingerprint density at radius 1 is 1.50 bits per heavy atom. The van der Waals surface area contributed by atoms with E-state index in [1.165, 1.54) is 12.8 Å². The molecular formula is C12H16N2O2. The van der Waals surface area contributed by atoms with Gasteiger partial charge in [0.05, 0.1) is 12.2 Å². The minimum Gasteiger partial charge on any atom is -0.480 e. The zero-order valence-corrected chi connectivity index (χ0v) is 9.17. The lowest BCUT2D eigenvalue weighted by atomic mass is 10.3. The van der Waals surface area contributed by atoms with Crippen molar-refractivity contribution >= 4 is 5.97 Å². The number of aliphatic carboxylic acids is 1. The fraction of sp³-hybridized carbons (Fsp3) is 0.500. The summed E-state index contributed by atoms with van der Waals surface area (Å²) in [5.41, 5.74) is 0.935. The normalized spacial score (nSPS) is 15.3. The predicted molar refractivity (Wildman–Crippen MR) is 59.9 cm³/mol. The van der Waals surface area contributed by atoms with Gasteiger partial charge in [-0.15, -0.1) is 0 Å². The van der Waals surface area contributed by atoms with Gasteiger partial charge in [-0.25, -0.2) is 0 Å². The summed E-state index contributed by atoms with van der Waals surface area (Å²) in [6.07, 6.45) is 4.21. The molecule has 1 fully saturated rings. The van der Waals surface area contributed by atoms with Gasteiger partial charge in [0.25, 0.3) is 0 Å². The number of carboxylic acids is 1. The van der Waals surface area contributed by atoms with Crippen LogP contribution in [0, 0.1) is 5.92 Å². The number of nitrogens with zero attached hydrogens (tertiary/aromatic N) is 2. The largest absolute Gasteiger partial charge is 0.480 e. The fourth-order valence-corrected chi connectivity index (χ4v) is 1.76. The molecule has 0 atom stereocenters. The molecule has 86 valence electrons. The fourth-order valence-electron chi connectivity index (χ4n) is 1.76. The van der Waals surface area contributed by atoms with Crippen LogP contribution in [0.5, 0.6) is 0 Å². The van der Waals surface area contributed by atoms with Crippen LogP contribution in [0.15, 0.2) is 24.4 Å². The van der Waals surface area contributed by atoms with E-state index in [0.717, 1.165) is 12.2 Å². The Balaban J connectivity index is 1.92. The van der Waals surface area contributed by atoms with Crippen LogP contribution >= 0.6 is 0 Å². The molecule has 0 bridgehead atoms. The Morgan fingerprint density at radius 2 is 2.31 bits per heavy atom. The average molecular weight is 220 g/mol. The molecule has 0 radical (unpaired) electrons. The average Bonchev–Trinajstić information content (AvgIpc) is 3.02. The number of aromatic nitrogens is 1. The van der Waals surface area contributed by atoms with Crippen molar-refractivity contribution in [3.05, 3.63) is 30.1 Å². The van der Waals surface area contributed by atoms with Gasteiger partial charge in [-0.1, -0.05) is 6.07 Å². The molecule has 1 aromatic heterocycles. The summed E-state index contributed by atoms with van der Waals surface area (Å²) in [6.45, 7) is 1.61. The van der Waals surface area contributed by atoms with Crippen LogP contribution in [0.4, 0.5) is 0 Å². The van der Waals surface area contributed by atoms with E-state index in [4.69, 9.17) is 5.11 Å². The standard InChI is InChI=1S/C12H16N2O2/c15-12(16)9-14(7-10-4-5-10)8-11-3-1-2-6-13-11/h1-3,6,10H,4-5,7-9H2,(H,15,16). The lowest BCUT2D eigenvalue weighted by molar-refractivity contribution is -0.138. The zero-order valence-electron chi connectivity index (χ0n) is 9.17. The number of carbonyl (C=O) groups is 1. The molecule has 0 amide bonds. The first kappa shape index (κ1) is 11.1. The summed E-state index contributed by atoms with van der Waals surface area (Å²) in [6, 6.07) is 5.73. The van der Waals surface area contributed by atoms with Crippen molar-refractivity contribution in [3.63, 3.8) is 0 Å². The van der Waals surface area contributed by atoms with E-state index in [1.807, 2.05) is 23.1 Å². The Hall–Kier alpha value is -1.42. The van der Waals surface area contributed by atoms with Crippen molar-refractivity contribution in [3.8, 4) is 0 Å². The molecule has 0 saturated heterocycles. The Morgan fingerprint density at radius 3 is 2.88 bits per heavy atom. The van der Waals surface area contributed by atoms with E-state index in [-0.39, 0.29) is 6.54 Å². The van der Waals surface area contributed by atoms with Crippen LogP contribution < -0.4 is 0 Å². The van der Waals surface area contributed by atoms with Crippen molar-refractivity contribution in [2.75, 3.05) is 13.1 Å². The number of hydrogen-bond donors (Lipinski definition) is 1. The van der Waals surface area contributed by atoms with Gasteiger partial charge in [-0.2, -0.15) is 0 Å². The zero-order chi connectivity index (χ0) is 11.4. The first-order chi connectivity index (χ1) is 7.74. The summed E-state index contributed by atoms with van der Waals surface area (Å²) in [5.74, 6) is -0.0698. The summed E-state index contributed by atoms with van der Waals surface area (Å²) < 4.78 is 0. The Kier molecular flexibility index (Phi) is 3.51. The van der Waals surface area contributed by atoms with E-state index >= 15 is 0 Å². The topological polar surface area (TPSA) is 53.4 Å². The van der Waals surface area contributed by atoms with Crippen molar-refractivity contribution in [1.82, 2.24) is 9.88 Å². The highest BCUT2D eigenvalue weighted by Gasteiger charge is 2.25. The molecule has 0 unspecified atom stereocenters. The van der Waals surface area contributed by atoms with Crippen LogP contribution in [0.25, 0.3) is 0 Å². The van der Waals surface area contributed by atoms with Gasteiger partial charge in [0, 0.05) is 19.3 Å². The summed E-state index contributed by atoms with van der Waals surface area (Å²) in [4.78, 5) is 16.9. The molecule has 0 aromatic carbocycles. The maximum absolute atomic E-state index is 10.7. The third kappa shape index (κ3) is 3.62. The SMILES string of the molecule is O=C(O)CN(Cc1ccccn1)CC1CC1. The van der Waals surface area contributed by atoms with Crippen molar-refractivity contribution in [2.24, 2.45) is 5.92 Å².